The molecule has 1 rings (SSSR count). The molecule has 0 saturated carbocycles. The Labute approximate surface area is 66.7 Å². The van der Waals surface area contributed by atoms with Gasteiger partial charge in [0.1, 0.15) is 5.75 Å². The summed E-state index contributed by atoms with van der Waals surface area (Å²) in [6, 6.07) is 5.42. The Hall–Kier alpha value is -1.02. The second-order valence-electron chi connectivity index (χ2n) is 2.85. The van der Waals surface area contributed by atoms with Crippen molar-refractivity contribution in [3.63, 3.8) is 0 Å². The van der Waals surface area contributed by atoms with Crippen LogP contribution in [0.5, 0.6) is 5.75 Å². The molecule has 0 spiro atoms. The highest BCUT2D eigenvalue weighted by molar-refractivity contribution is 5.37. The lowest BCUT2D eigenvalue weighted by atomic mass is 10.1. The number of aryl methyl sites for hydroxylation is 1. The zero-order chi connectivity index (χ0) is 8.43. The van der Waals surface area contributed by atoms with Crippen molar-refractivity contribution in [3.05, 3.63) is 29.3 Å². The second kappa shape index (κ2) is 2.93. The smallest absolute Gasteiger partial charge is 0.120 e. The SMILES string of the molecule is Cc1ccc([C@H](C)N)c(O)c1. The molecule has 0 amide bonds. The first-order valence-corrected chi connectivity index (χ1v) is 3.66. The molecule has 11 heavy (non-hydrogen) atoms. The van der Waals surface area contributed by atoms with Gasteiger partial charge in [0.15, 0.2) is 0 Å². The predicted octanol–water partition coefficient (Wildman–Crippen LogP) is 1.72. The molecule has 60 valence electrons. The van der Waals surface area contributed by atoms with Gasteiger partial charge in [-0.2, -0.15) is 0 Å². The maximum Gasteiger partial charge on any atom is 0.120 e. The van der Waals surface area contributed by atoms with E-state index in [2.05, 4.69) is 0 Å². The van der Waals surface area contributed by atoms with E-state index in [1.807, 2.05) is 26.0 Å². The number of phenols is 1. The lowest BCUT2D eigenvalue weighted by molar-refractivity contribution is 0.463. The first kappa shape index (κ1) is 8.08. The van der Waals surface area contributed by atoms with E-state index >= 15 is 0 Å². The van der Waals surface area contributed by atoms with Gasteiger partial charge in [0.2, 0.25) is 0 Å². The molecule has 1 atom stereocenters. The van der Waals surface area contributed by atoms with Crippen molar-refractivity contribution in [2.75, 3.05) is 0 Å². The van der Waals surface area contributed by atoms with Crippen molar-refractivity contribution in [2.45, 2.75) is 19.9 Å². The summed E-state index contributed by atoms with van der Waals surface area (Å²) in [5.41, 5.74) is 7.45. The van der Waals surface area contributed by atoms with E-state index in [4.69, 9.17) is 5.73 Å². The van der Waals surface area contributed by atoms with Crippen LogP contribution in [-0.4, -0.2) is 5.11 Å². The van der Waals surface area contributed by atoms with Gasteiger partial charge in [0, 0.05) is 11.6 Å². The van der Waals surface area contributed by atoms with E-state index in [0.29, 0.717) is 5.75 Å². The number of hydrogen-bond acceptors (Lipinski definition) is 2. The molecule has 0 aliphatic heterocycles. The van der Waals surface area contributed by atoms with Gasteiger partial charge in [0.25, 0.3) is 0 Å². The average Bonchev–Trinajstić information content (AvgIpc) is 1.85. The highest BCUT2D eigenvalue weighted by Gasteiger charge is 2.04. The third-order valence-corrected chi connectivity index (χ3v) is 1.68. The minimum atomic E-state index is -0.101. The first-order valence-electron chi connectivity index (χ1n) is 3.66. The number of phenolic OH excluding ortho intramolecular Hbond substituents is 1. The third-order valence-electron chi connectivity index (χ3n) is 1.68. The lowest BCUT2D eigenvalue weighted by Gasteiger charge is -2.07. The van der Waals surface area contributed by atoms with E-state index in [1.165, 1.54) is 0 Å². The van der Waals surface area contributed by atoms with Crippen LogP contribution < -0.4 is 5.73 Å². The van der Waals surface area contributed by atoms with Gasteiger partial charge in [-0.25, -0.2) is 0 Å². The number of benzene rings is 1. The van der Waals surface area contributed by atoms with Crippen molar-refractivity contribution < 1.29 is 5.11 Å². The molecular formula is C9H13NO. The number of hydrogen-bond donors (Lipinski definition) is 2. The monoisotopic (exact) mass is 151 g/mol. The normalized spacial score (nSPS) is 13.0. The molecule has 0 aliphatic carbocycles. The van der Waals surface area contributed by atoms with Crippen LogP contribution in [-0.2, 0) is 0 Å². The van der Waals surface area contributed by atoms with Gasteiger partial charge in [-0.1, -0.05) is 12.1 Å². The van der Waals surface area contributed by atoms with Crippen molar-refractivity contribution in [2.24, 2.45) is 5.73 Å². The Bertz CT molecular complexity index is 256. The molecule has 0 unspecified atom stereocenters. The molecular weight excluding hydrogens is 138 g/mol. The zero-order valence-electron chi connectivity index (χ0n) is 6.83. The summed E-state index contributed by atoms with van der Waals surface area (Å²) in [6.07, 6.45) is 0. The highest BCUT2D eigenvalue weighted by atomic mass is 16.3. The Morgan fingerprint density at radius 1 is 1.45 bits per heavy atom. The van der Waals surface area contributed by atoms with Crippen molar-refractivity contribution >= 4 is 0 Å². The maximum atomic E-state index is 9.38. The lowest BCUT2D eigenvalue weighted by Crippen LogP contribution is -2.04. The van der Waals surface area contributed by atoms with Crippen LogP contribution in [0.25, 0.3) is 0 Å². The predicted molar refractivity (Wildman–Crippen MR) is 45.4 cm³/mol. The van der Waals surface area contributed by atoms with Crippen LogP contribution in [0.2, 0.25) is 0 Å². The first-order chi connectivity index (χ1) is 5.11. The standard InChI is InChI=1S/C9H13NO/c1-6-3-4-8(7(2)10)9(11)5-6/h3-5,7,11H,10H2,1-2H3/t7-/m0/s1. The second-order valence-corrected chi connectivity index (χ2v) is 2.85. The molecule has 0 fully saturated rings. The molecule has 1 aromatic carbocycles. The topological polar surface area (TPSA) is 46.2 Å². The largest absolute Gasteiger partial charge is 0.508 e. The van der Waals surface area contributed by atoms with Gasteiger partial charge >= 0.3 is 0 Å². The molecule has 0 aromatic heterocycles. The molecule has 0 radical (unpaired) electrons. The van der Waals surface area contributed by atoms with E-state index in [9.17, 15) is 5.11 Å². The summed E-state index contributed by atoms with van der Waals surface area (Å²) in [4.78, 5) is 0. The molecule has 2 heteroatoms. The number of aromatic hydroxyl groups is 1. The molecule has 0 aliphatic rings. The van der Waals surface area contributed by atoms with Gasteiger partial charge in [-0.05, 0) is 25.5 Å². The summed E-state index contributed by atoms with van der Waals surface area (Å²) in [5, 5.41) is 9.38. The molecule has 0 bridgehead atoms. The molecule has 0 heterocycles. The maximum absolute atomic E-state index is 9.38. The Morgan fingerprint density at radius 3 is 2.55 bits per heavy atom. The fraction of sp³-hybridized carbons (Fsp3) is 0.333. The Balaban J connectivity index is 3.09. The van der Waals surface area contributed by atoms with Crippen molar-refractivity contribution in [3.8, 4) is 5.75 Å². The third kappa shape index (κ3) is 1.71. The molecule has 0 saturated heterocycles. The van der Waals surface area contributed by atoms with Crippen LogP contribution in [0.4, 0.5) is 0 Å². The number of nitrogens with two attached hydrogens (primary N) is 1. The summed E-state index contributed by atoms with van der Waals surface area (Å²) < 4.78 is 0. The van der Waals surface area contributed by atoms with Crippen molar-refractivity contribution in [1.82, 2.24) is 0 Å². The molecule has 1 aromatic rings. The van der Waals surface area contributed by atoms with Crippen LogP contribution in [0.1, 0.15) is 24.1 Å². The summed E-state index contributed by atoms with van der Waals surface area (Å²) in [7, 11) is 0. The molecule has 2 nitrogen and oxygen atoms in total. The summed E-state index contributed by atoms with van der Waals surface area (Å²) in [6.45, 7) is 3.79. The Morgan fingerprint density at radius 2 is 2.09 bits per heavy atom. The van der Waals surface area contributed by atoms with Gasteiger partial charge < -0.3 is 10.8 Å². The Kier molecular flexibility index (Phi) is 2.15. The minimum absolute atomic E-state index is 0.101. The molecule has 3 N–H and O–H groups in total. The zero-order valence-corrected chi connectivity index (χ0v) is 6.83. The van der Waals surface area contributed by atoms with E-state index < -0.39 is 0 Å². The van der Waals surface area contributed by atoms with E-state index in [1.54, 1.807) is 6.07 Å². The summed E-state index contributed by atoms with van der Waals surface area (Å²) >= 11 is 0. The van der Waals surface area contributed by atoms with E-state index in [0.717, 1.165) is 11.1 Å². The van der Waals surface area contributed by atoms with Crippen LogP contribution in [0, 0.1) is 6.92 Å². The average molecular weight is 151 g/mol. The summed E-state index contributed by atoms with van der Waals surface area (Å²) in [5.74, 6) is 0.292. The van der Waals surface area contributed by atoms with Crippen LogP contribution in [0.3, 0.4) is 0 Å². The fourth-order valence-corrected chi connectivity index (χ4v) is 1.04. The quantitative estimate of drug-likeness (QED) is 0.642. The van der Waals surface area contributed by atoms with Crippen molar-refractivity contribution in [1.29, 1.82) is 0 Å². The highest BCUT2D eigenvalue weighted by Crippen LogP contribution is 2.22. The van der Waals surface area contributed by atoms with E-state index in [-0.39, 0.29) is 6.04 Å². The van der Waals surface area contributed by atoms with Gasteiger partial charge in [-0.3, -0.25) is 0 Å². The van der Waals surface area contributed by atoms with Crippen LogP contribution in [0.15, 0.2) is 18.2 Å². The number of rotatable bonds is 1. The minimum Gasteiger partial charge on any atom is -0.508 e. The van der Waals surface area contributed by atoms with Crippen LogP contribution >= 0.6 is 0 Å². The van der Waals surface area contributed by atoms with Gasteiger partial charge in [0.05, 0.1) is 0 Å². The fourth-order valence-electron chi connectivity index (χ4n) is 1.04. The van der Waals surface area contributed by atoms with Gasteiger partial charge in [-0.15, -0.1) is 0 Å².